The third-order valence-corrected chi connectivity index (χ3v) is 3.57. The predicted molar refractivity (Wildman–Crippen MR) is 90.2 cm³/mol. The van der Waals surface area contributed by atoms with Crippen LogP contribution in [0, 0.1) is 0 Å². The van der Waals surface area contributed by atoms with Crippen molar-refractivity contribution in [2.45, 2.75) is 32.4 Å². The largest absolute Gasteiger partial charge is 0.368 e. The predicted octanol–water partition coefficient (Wildman–Crippen LogP) is 0.222. The molecule has 1 aromatic heterocycles. The van der Waals surface area contributed by atoms with Gasteiger partial charge in [0.2, 0.25) is 11.8 Å². The zero-order chi connectivity index (χ0) is 17.8. The Bertz CT molecular complexity index is 861. The summed E-state index contributed by atoms with van der Waals surface area (Å²) in [6.45, 7) is 1.59. The fourth-order valence-electron chi connectivity index (χ4n) is 2.19. The first kappa shape index (κ1) is 16.6. The molecule has 130 valence electrons. The van der Waals surface area contributed by atoms with Crippen molar-refractivity contribution in [1.29, 1.82) is 0 Å². The summed E-state index contributed by atoms with van der Waals surface area (Å²) in [7, 11) is 0. The Morgan fingerprint density at radius 2 is 1.96 bits per heavy atom. The molecule has 0 saturated heterocycles. The van der Waals surface area contributed by atoms with Crippen molar-refractivity contribution in [3.63, 3.8) is 0 Å². The topological polar surface area (TPSA) is 111 Å². The van der Waals surface area contributed by atoms with E-state index in [2.05, 4.69) is 21.1 Å². The summed E-state index contributed by atoms with van der Waals surface area (Å²) in [5.74, 6) is -0.487. The molecule has 1 saturated carbocycles. The summed E-state index contributed by atoms with van der Waals surface area (Å²) in [4.78, 5) is 35.6. The Kier molecular flexibility index (Phi) is 4.73. The maximum atomic E-state index is 12.3. The number of anilines is 1. The summed E-state index contributed by atoms with van der Waals surface area (Å²) >= 11 is 0. The minimum Gasteiger partial charge on any atom is -0.352 e. The molecule has 0 bridgehead atoms. The molecule has 2 aromatic rings. The van der Waals surface area contributed by atoms with E-state index in [-0.39, 0.29) is 24.4 Å². The number of rotatable bonds is 6. The van der Waals surface area contributed by atoms with Crippen molar-refractivity contribution in [2.24, 2.45) is 0 Å². The van der Waals surface area contributed by atoms with E-state index in [1.807, 2.05) is 0 Å². The number of nitrogens with one attached hydrogen (secondary N) is 2. The van der Waals surface area contributed by atoms with Crippen molar-refractivity contribution in [3.05, 3.63) is 46.9 Å². The lowest BCUT2D eigenvalue weighted by Gasteiger charge is -2.04. The molecule has 3 rings (SSSR count). The second kappa shape index (κ2) is 7.12. The molecule has 0 radical (unpaired) electrons. The molecular formula is C16H18N6O3. The summed E-state index contributed by atoms with van der Waals surface area (Å²) in [6, 6.07) is 6.80. The van der Waals surface area contributed by atoms with Gasteiger partial charge in [-0.2, -0.15) is 9.36 Å². The van der Waals surface area contributed by atoms with E-state index < -0.39 is 5.69 Å². The van der Waals surface area contributed by atoms with Gasteiger partial charge in [0.25, 0.3) is 0 Å². The molecule has 2 N–H and O–H groups in total. The molecule has 0 unspecified atom stereocenters. The number of amides is 2. The Balaban J connectivity index is 1.70. The van der Waals surface area contributed by atoms with Gasteiger partial charge in [-0.1, -0.05) is 6.08 Å². The van der Waals surface area contributed by atoms with Crippen LogP contribution in [0.15, 0.2) is 41.2 Å². The molecule has 1 heterocycles. The molecule has 0 aliphatic heterocycles. The van der Waals surface area contributed by atoms with Crippen LogP contribution in [0.3, 0.4) is 0 Å². The van der Waals surface area contributed by atoms with Gasteiger partial charge in [0.15, 0.2) is 0 Å². The first-order valence-electron chi connectivity index (χ1n) is 7.93. The monoisotopic (exact) mass is 342 g/mol. The highest BCUT2D eigenvalue weighted by Gasteiger charge is 2.24. The Morgan fingerprint density at radius 1 is 1.24 bits per heavy atom. The van der Waals surface area contributed by atoms with Crippen LogP contribution in [0.25, 0.3) is 5.69 Å². The zero-order valence-corrected chi connectivity index (χ0v) is 13.7. The minimum absolute atomic E-state index is 0.160. The van der Waals surface area contributed by atoms with Gasteiger partial charge in [0.1, 0.15) is 6.54 Å². The Morgan fingerprint density at radius 3 is 2.60 bits per heavy atom. The lowest BCUT2D eigenvalue weighted by molar-refractivity contribution is -0.122. The smallest absolute Gasteiger partial charge is 0.352 e. The van der Waals surface area contributed by atoms with Crippen LogP contribution < -0.4 is 16.3 Å². The third-order valence-electron chi connectivity index (χ3n) is 3.57. The van der Waals surface area contributed by atoms with Crippen LogP contribution in [0.2, 0.25) is 0 Å². The van der Waals surface area contributed by atoms with Crippen molar-refractivity contribution < 1.29 is 9.59 Å². The molecular weight excluding hydrogens is 324 g/mol. The third kappa shape index (κ3) is 4.19. The molecule has 1 aliphatic carbocycles. The summed E-state index contributed by atoms with van der Waals surface area (Å²) < 4.78 is 2.11. The molecule has 25 heavy (non-hydrogen) atoms. The van der Waals surface area contributed by atoms with E-state index in [4.69, 9.17) is 0 Å². The first-order chi connectivity index (χ1) is 12.1. The van der Waals surface area contributed by atoms with Crippen molar-refractivity contribution in [2.75, 3.05) is 5.32 Å². The second-order valence-electron chi connectivity index (χ2n) is 5.71. The number of hydrogen-bond acceptors (Lipinski definition) is 5. The maximum Gasteiger partial charge on any atom is 0.368 e. The fourth-order valence-corrected chi connectivity index (χ4v) is 2.19. The number of nitrogens with zero attached hydrogens (tertiary/aromatic N) is 4. The zero-order valence-electron chi connectivity index (χ0n) is 13.7. The molecule has 1 aromatic carbocycles. The lowest BCUT2D eigenvalue weighted by Crippen LogP contribution is -2.34. The van der Waals surface area contributed by atoms with E-state index in [0.717, 1.165) is 22.2 Å². The number of allylic oxidation sites excluding steroid dienone is 1. The van der Waals surface area contributed by atoms with Crippen LogP contribution >= 0.6 is 0 Å². The van der Waals surface area contributed by atoms with E-state index >= 15 is 0 Å². The molecule has 9 nitrogen and oxygen atoms in total. The average molecular weight is 342 g/mol. The number of hydrogen-bond donors (Lipinski definition) is 2. The minimum atomic E-state index is -0.503. The van der Waals surface area contributed by atoms with Crippen LogP contribution in [-0.2, 0) is 16.1 Å². The fraction of sp³-hybridized carbons (Fsp3) is 0.312. The number of aromatic nitrogens is 4. The van der Waals surface area contributed by atoms with Gasteiger partial charge in [-0.3, -0.25) is 9.59 Å². The standard InChI is InChI=1S/C16H18N6O3/c1-2-3-14(23)17-12-6-8-13(9-7-12)22-16(25)21(19-20-22)10-15(24)18-11-4-5-11/h2-3,6-9,11H,4-5,10H2,1H3,(H,17,23)(H,18,24)/b3-2+. The second-order valence-corrected chi connectivity index (χ2v) is 5.71. The van der Waals surface area contributed by atoms with Crippen molar-refractivity contribution in [3.8, 4) is 5.69 Å². The summed E-state index contributed by atoms with van der Waals surface area (Å²) in [5.41, 5.74) is 0.579. The van der Waals surface area contributed by atoms with Gasteiger partial charge >= 0.3 is 5.69 Å². The van der Waals surface area contributed by atoms with E-state index in [9.17, 15) is 14.4 Å². The molecule has 1 fully saturated rings. The highest BCUT2D eigenvalue weighted by atomic mass is 16.2. The summed E-state index contributed by atoms with van der Waals surface area (Å²) in [6.07, 6.45) is 5.01. The Labute approximate surface area is 143 Å². The lowest BCUT2D eigenvalue weighted by atomic mass is 10.3. The molecule has 1 aliphatic rings. The van der Waals surface area contributed by atoms with Gasteiger partial charge in [-0.25, -0.2) is 4.79 Å². The number of carbonyl (C=O) groups is 2. The highest BCUT2D eigenvalue weighted by molar-refractivity contribution is 5.99. The van der Waals surface area contributed by atoms with Crippen LogP contribution in [0.5, 0.6) is 0 Å². The Hall–Kier alpha value is -3.23. The van der Waals surface area contributed by atoms with Crippen LogP contribution in [-0.4, -0.2) is 37.6 Å². The van der Waals surface area contributed by atoms with Gasteiger partial charge in [-0.15, -0.1) is 0 Å². The summed E-state index contributed by atoms with van der Waals surface area (Å²) in [5, 5.41) is 13.0. The first-order valence-corrected chi connectivity index (χ1v) is 7.93. The maximum absolute atomic E-state index is 12.3. The average Bonchev–Trinajstić information content (AvgIpc) is 3.32. The van der Waals surface area contributed by atoms with Crippen LogP contribution in [0.1, 0.15) is 19.8 Å². The van der Waals surface area contributed by atoms with Gasteiger partial charge in [0.05, 0.1) is 5.69 Å². The SMILES string of the molecule is C/C=C/C(=O)Nc1ccc(-n2nnn(CC(=O)NC3CC3)c2=O)cc1. The number of benzene rings is 1. The van der Waals surface area contributed by atoms with Gasteiger partial charge < -0.3 is 10.6 Å². The quantitative estimate of drug-likeness (QED) is 0.730. The number of tetrazole rings is 1. The number of carbonyl (C=O) groups excluding carboxylic acids is 2. The van der Waals surface area contributed by atoms with E-state index in [1.54, 1.807) is 37.3 Å². The van der Waals surface area contributed by atoms with Gasteiger partial charge in [-0.05, 0) is 60.5 Å². The molecule has 9 heteroatoms. The highest BCUT2D eigenvalue weighted by Crippen LogP contribution is 2.18. The van der Waals surface area contributed by atoms with E-state index in [0.29, 0.717) is 11.4 Å². The van der Waals surface area contributed by atoms with Gasteiger partial charge in [0, 0.05) is 11.7 Å². The normalized spacial score (nSPS) is 13.8. The van der Waals surface area contributed by atoms with Crippen LogP contribution in [0.4, 0.5) is 5.69 Å². The van der Waals surface area contributed by atoms with Crippen molar-refractivity contribution >= 4 is 17.5 Å². The molecule has 2 amide bonds. The molecule has 0 spiro atoms. The van der Waals surface area contributed by atoms with E-state index in [1.165, 1.54) is 6.08 Å². The van der Waals surface area contributed by atoms with Crippen molar-refractivity contribution in [1.82, 2.24) is 25.1 Å². The molecule has 0 atom stereocenters.